The summed E-state index contributed by atoms with van der Waals surface area (Å²) >= 11 is 11.7. The maximum absolute atomic E-state index is 13.4. The molecule has 0 spiro atoms. The Bertz CT molecular complexity index is 490. The summed E-state index contributed by atoms with van der Waals surface area (Å²) in [6, 6.07) is 4.76. The Labute approximate surface area is 115 Å². The van der Waals surface area contributed by atoms with Crippen LogP contribution in [0.5, 0.6) is 0 Å². The van der Waals surface area contributed by atoms with Crippen molar-refractivity contribution in [1.82, 2.24) is 4.90 Å². The average molecular weight is 289 g/mol. The predicted molar refractivity (Wildman–Crippen MR) is 67.2 cm³/mol. The largest absolute Gasteiger partial charge is 0.371 e. The molecule has 0 bridgehead atoms. The van der Waals surface area contributed by atoms with Gasteiger partial charge in [0.1, 0.15) is 5.82 Å². The van der Waals surface area contributed by atoms with E-state index in [4.69, 9.17) is 33.2 Å². The normalized spacial score (nSPS) is 20.7. The molecular formula is C12H11Cl2FN2O. The van der Waals surface area contributed by atoms with Gasteiger partial charge in [-0.05, 0) is 12.1 Å². The Morgan fingerprint density at radius 2 is 2.22 bits per heavy atom. The van der Waals surface area contributed by atoms with Gasteiger partial charge < -0.3 is 4.74 Å². The van der Waals surface area contributed by atoms with Crippen LogP contribution in [-0.4, -0.2) is 31.1 Å². The molecule has 1 aromatic rings. The van der Waals surface area contributed by atoms with E-state index < -0.39 is 5.82 Å². The molecule has 0 saturated carbocycles. The fraction of sp³-hybridized carbons (Fsp3) is 0.417. The summed E-state index contributed by atoms with van der Waals surface area (Å²) in [5.74, 6) is -0.517. The summed E-state index contributed by atoms with van der Waals surface area (Å²) in [4.78, 5) is 1.94. The van der Waals surface area contributed by atoms with Gasteiger partial charge in [0.15, 0.2) is 0 Å². The van der Waals surface area contributed by atoms with E-state index in [9.17, 15) is 4.39 Å². The SMILES string of the molecule is N#CCN1CCO[C@H](c2cc(F)c(Cl)cc2Cl)C1. The number of morpholine rings is 1. The summed E-state index contributed by atoms with van der Waals surface area (Å²) in [6.45, 7) is 2.03. The predicted octanol–water partition coefficient (Wildman–Crippen LogP) is 3.03. The van der Waals surface area contributed by atoms with Crippen LogP contribution in [0.15, 0.2) is 12.1 Å². The number of nitrogens with zero attached hydrogens (tertiary/aromatic N) is 2. The summed E-state index contributed by atoms with van der Waals surface area (Å²) in [5.41, 5.74) is 0.571. The average Bonchev–Trinajstić information content (AvgIpc) is 2.34. The van der Waals surface area contributed by atoms with Crippen molar-refractivity contribution in [3.63, 3.8) is 0 Å². The molecule has 1 heterocycles. The first-order valence-corrected chi connectivity index (χ1v) is 6.22. The molecule has 1 aliphatic heterocycles. The molecule has 0 aromatic heterocycles. The molecule has 0 N–H and O–H groups in total. The number of halogens is 3. The lowest BCUT2D eigenvalue weighted by Crippen LogP contribution is -2.38. The number of nitriles is 1. The van der Waals surface area contributed by atoms with E-state index in [0.717, 1.165) is 0 Å². The highest BCUT2D eigenvalue weighted by Crippen LogP contribution is 2.32. The van der Waals surface area contributed by atoms with Crippen LogP contribution in [0.25, 0.3) is 0 Å². The number of ether oxygens (including phenoxy) is 1. The van der Waals surface area contributed by atoms with Crippen molar-refractivity contribution in [2.24, 2.45) is 0 Å². The van der Waals surface area contributed by atoms with Gasteiger partial charge in [-0.3, -0.25) is 4.90 Å². The first-order valence-electron chi connectivity index (χ1n) is 5.47. The lowest BCUT2D eigenvalue weighted by atomic mass is 10.1. The van der Waals surface area contributed by atoms with E-state index in [0.29, 0.717) is 36.8 Å². The highest BCUT2D eigenvalue weighted by Gasteiger charge is 2.24. The van der Waals surface area contributed by atoms with Gasteiger partial charge in [0.05, 0.1) is 30.3 Å². The maximum atomic E-state index is 13.4. The second-order valence-electron chi connectivity index (χ2n) is 4.04. The van der Waals surface area contributed by atoms with Gasteiger partial charge in [-0.25, -0.2) is 4.39 Å². The third-order valence-electron chi connectivity index (χ3n) is 2.83. The molecule has 6 heteroatoms. The number of hydrogen-bond acceptors (Lipinski definition) is 3. The molecule has 3 nitrogen and oxygen atoms in total. The van der Waals surface area contributed by atoms with Crippen LogP contribution in [0.4, 0.5) is 4.39 Å². The minimum absolute atomic E-state index is 0.00607. The van der Waals surface area contributed by atoms with Crippen molar-refractivity contribution in [2.45, 2.75) is 6.10 Å². The van der Waals surface area contributed by atoms with Crippen LogP contribution < -0.4 is 0 Å². The third kappa shape index (κ3) is 2.93. The van der Waals surface area contributed by atoms with Gasteiger partial charge in [0.2, 0.25) is 0 Å². The van der Waals surface area contributed by atoms with Gasteiger partial charge in [-0.15, -0.1) is 0 Å². The first-order chi connectivity index (χ1) is 8.61. The highest BCUT2D eigenvalue weighted by atomic mass is 35.5. The molecule has 18 heavy (non-hydrogen) atoms. The van der Waals surface area contributed by atoms with Crippen LogP contribution in [0.2, 0.25) is 10.0 Å². The maximum Gasteiger partial charge on any atom is 0.142 e. The Morgan fingerprint density at radius 1 is 1.44 bits per heavy atom. The monoisotopic (exact) mass is 288 g/mol. The molecule has 96 valence electrons. The van der Waals surface area contributed by atoms with E-state index in [1.54, 1.807) is 0 Å². The van der Waals surface area contributed by atoms with Gasteiger partial charge in [-0.1, -0.05) is 23.2 Å². The molecule has 0 radical (unpaired) electrons. The standard InChI is InChI=1S/C12H11Cl2FN2O/c13-9-6-10(14)11(15)5-8(9)12-7-17(2-1-16)3-4-18-12/h5-6,12H,2-4,7H2/t12-/m0/s1. The Kier molecular flexibility index (Phi) is 4.41. The molecule has 0 aliphatic carbocycles. The van der Waals surface area contributed by atoms with Crippen molar-refractivity contribution < 1.29 is 9.13 Å². The Morgan fingerprint density at radius 3 is 2.94 bits per heavy atom. The molecule has 2 rings (SSSR count). The molecule has 1 atom stereocenters. The van der Waals surface area contributed by atoms with Crippen LogP contribution in [0.3, 0.4) is 0 Å². The van der Waals surface area contributed by atoms with E-state index in [2.05, 4.69) is 6.07 Å². The van der Waals surface area contributed by atoms with Crippen LogP contribution in [0, 0.1) is 17.1 Å². The van der Waals surface area contributed by atoms with Crippen LogP contribution >= 0.6 is 23.2 Å². The van der Waals surface area contributed by atoms with Gasteiger partial charge in [0, 0.05) is 23.7 Å². The lowest BCUT2D eigenvalue weighted by Gasteiger charge is -2.31. The Hall–Kier alpha value is -0.860. The molecular weight excluding hydrogens is 278 g/mol. The van der Waals surface area contributed by atoms with Crippen molar-refractivity contribution in [3.05, 3.63) is 33.6 Å². The third-order valence-corrected chi connectivity index (χ3v) is 3.45. The van der Waals surface area contributed by atoms with E-state index in [1.165, 1.54) is 12.1 Å². The Balaban J connectivity index is 2.21. The smallest absolute Gasteiger partial charge is 0.142 e. The lowest BCUT2D eigenvalue weighted by molar-refractivity contribution is -0.0255. The van der Waals surface area contributed by atoms with Crippen molar-refractivity contribution in [2.75, 3.05) is 26.2 Å². The zero-order chi connectivity index (χ0) is 13.1. The van der Waals surface area contributed by atoms with Gasteiger partial charge >= 0.3 is 0 Å². The number of benzene rings is 1. The first kappa shape index (κ1) is 13.6. The molecule has 0 amide bonds. The molecule has 1 aliphatic rings. The fourth-order valence-corrected chi connectivity index (χ4v) is 2.42. The van der Waals surface area contributed by atoms with Gasteiger partial charge in [-0.2, -0.15) is 5.26 Å². The molecule has 1 fully saturated rings. The molecule has 1 saturated heterocycles. The van der Waals surface area contributed by atoms with E-state index in [-0.39, 0.29) is 11.1 Å². The van der Waals surface area contributed by atoms with Crippen LogP contribution in [0.1, 0.15) is 11.7 Å². The second kappa shape index (κ2) is 5.85. The summed E-state index contributed by atoms with van der Waals surface area (Å²) in [7, 11) is 0. The fourth-order valence-electron chi connectivity index (χ4n) is 1.92. The minimum atomic E-state index is -0.517. The minimum Gasteiger partial charge on any atom is -0.371 e. The zero-order valence-electron chi connectivity index (χ0n) is 9.50. The molecule has 1 aromatic carbocycles. The zero-order valence-corrected chi connectivity index (χ0v) is 11.0. The molecule has 0 unspecified atom stereocenters. The topological polar surface area (TPSA) is 36.3 Å². The second-order valence-corrected chi connectivity index (χ2v) is 4.85. The van der Waals surface area contributed by atoms with Crippen molar-refractivity contribution in [3.8, 4) is 6.07 Å². The van der Waals surface area contributed by atoms with Crippen molar-refractivity contribution in [1.29, 1.82) is 5.26 Å². The summed E-state index contributed by atoms with van der Waals surface area (Å²) < 4.78 is 19.0. The van der Waals surface area contributed by atoms with E-state index in [1.807, 2.05) is 4.90 Å². The van der Waals surface area contributed by atoms with E-state index >= 15 is 0 Å². The quantitative estimate of drug-likeness (QED) is 0.620. The highest BCUT2D eigenvalue weighted by molar-refractivity contribution is 6.35. The summed E-state index contributed by atoms with van der Waals surface area (Å²) in [6.07, 6.45) is -0.327. The van der Waals surface area contributed by atoms with Gasteiger partial charge in [0.25, 0.3) is 0 Å². The summed E-state index contributed by atoms with van der Waals surface area (Å²) in [5, 5.41) is 9.05. The van der Waals surface area contributed by atoms with Crippen LogP contribution in [-0.2, 0) is 4.74 Å². The number of rotatable bonds is 2. The number of hydrogen-bond donors (Lipinski definition) is 0. The van der Waals surface area contributed by atoms with Crippen molar-refractivity contribution >= 4 is 23.2 Å².